The van der Waals surface area contributed by atoms with Gasteiger partial charge >= 0.3 is 12.4 Å². The van der Waals surface area contributed by atoms with E-state index in [1.165, 1.54) is 0 Å². The highest BCUT2D eigenvalue weighted by Gasteiger charge is 2.33. The smallest absolute Gasteiger partial charge is 0.417 e. The van der Waals surface area contributed by atoms with Crippen molar-refractivity contribution in [2.45, 2.75) is 17.2 Å². The van der Waals surface area contributed by atoms with Gasteiger partial charge in [0.05, 0.1) is 21.0 Å². The Bertz CT molecular complexity index is 1680. The number of pyridine rings is 2. The number of nitrogens with one attached hydrogen (secondary N) is 2. The van der Waals surface area contributed by atoms with Crippen LogP contribution in [-0.2, 0) is 22.4 Å². The number of benzene rings is 1. The zero-order valence-corrected chi connectivity index (χ0v) is 20.9. The molecule has 0 atom stereocenters. The summed E-state index contributed by atoms with van der Waals surface area (Å²) in [4.78, 5) is 21.1. The molecule has 0 aliphatic heterocycles. The van der Waals surface area contributed by atoms with Crippen LogP contribution in [0.3, 0.4) is 0 Å². The van der Waals surface area contributed by atoms with E-state index in [2.05, 4.69) is 9.97 Å². The molecule has 0 aliphatic carbocycles. The lowest BCUT2D eigenvalue weighted by Crippen LogP contribution is -2.41. The molecule has 4 rings (SSSR count). The fourth-order valence-electron chi connectivity index (χ4n) is 3.01. The minimum absolute atomic E-state index is 0.0213. The first-order valence-corrected chi connectivity index (χ1v) is 12.4. The largest absolute Gasteiger partial charge is 0.438 e. The van der Waals surface area contributed by atoms with Crippen molar-refractivity contribution in [3.05, 3.63) is 81.9 Å². The third kappa shape index (κ3) is 6.35. The van der Waals surface area contributed by atoms with Crippen molar-refractivity contribution in [3.8, 4) is 11.6 Å². The molecule has 9 nitrogen and oxygen atoms in total. The molecule has 39 heavy (non-hydrogen) atoms. The molecule has 1 aromatic carbocycles. The summed E-state index contributed by atoms with van der Waals surface area (Å²) >= 11 is 11.6. The average molecular weight is 614 g/mol. The van der Waals surface area contributed by atoms with E-state index in [1.54, 1.807) is 4.83 Å². The zero-order chi connectivity index (χ0) is 28.8. The number of fused-ring (bicyclic) bond motifs is 1. The van der Waals surface area contributed by atoms with Crippen molar-refractivity contribution in [3.63, 3.8) is 0 Å². The van der Waals surface area contributed by atoms with Crippen LogP contribution in [0.25, 0.3) is 5.65 Å². The molecule has 0 bridgehead atoms. The van der Waals surface area contributed by atoms with Crippen LogP contribution in [0.2, 0.25) is 10.0 Å². The van der Waals surface area contributed by atoms with Crippen LogP contribution in [0, 0.1) is 0 Å². The van der Waals surface area contributed by atoms with Crippen LogP contribution in [-0.4, -0.2) is 28.7 Å². The Morgan fingerprint density at radius 1 is 0.923 bits per heavy atom. The quantitative estimate of drug-likeness (QED) is 0.220. The van der Waals surface area contributed by atoms with Crippen molar-refractivity contribution in [1.29, 1.82) is 0 Å². The molecule has 0 saturated carbocycles. The number of imidazole rings is 1. The number of sulfonamides is 1. The molecule has 206 valence electrons. The predicted molar refractivity (Wildman–Crippen MR) is 124 cm³/mol. The number of ether oxygens (including phenoxy) is 1. The van der Waals surface area contributed by atoms with E-state index < -0.39 is 50.1 Å². The SMILES string of the molecule is O=C(NNS(=O)(=O)c1ccc(Oc2ncc(C(F)(F)F)cc2Cl)cc1)c1cn2cc(C(F)(F)F)cc(Cl)c2n1. The maximum Gasteiger partial charge on any atom is 0.417 e. The van der Waals surface area contributed by atoms with Gasteiger partial charge in [-0.05, 0) is 36.4 Å². The third-order valence-electron chi connectivity index (χ3n) is 4.85. The highest BCUT2D eigenvalue weighted by molar-refractivity contribution is 7.89. The van der Waals surface area contributed by atoms with Crippen LogP contribution < -0.4 is 15.0 Å². The Kier molecular flexibility index (Phi) is 7.41. The first-order valence-electron chi connectivity index (χ1n) is 10.1. The molecule has 0 aliphatic rings. The van der Waals surface area contributed by atoms with Gasteiger partial charge in [-0.15, -0.1) is 4.83 Å². The standard InChI is InChI=1S/C21H11Cl2F6N5O4S/c22-14-6-11(21(27,28)29)8-34-9-16(31-17(14)34)18(35)32-33-39(36,37)13-3-1-12(2-4-13)38-19-15(23)5-10(7-30-19)20(24,25)26/h1-9,33H,(H,32,35). The number of hydrogen-bond acceptors (Lipinski definition) is 6. The van der Waals surface area contributed by atoms with Crippen molar-refractivity contribution in [1.82, 2.24) is 24.6 Å². The molecule has 3 heterocycles. The summed E-state index contributed by atoms with van der Waals surface area (Å²) in [6.07, 6.45) is -7.28. The van der Waals surface area contributed by atoms with E-state index >= 15 is 0 Å². The molecule has 0 radical (unpaired) electrons. The molecule has 0 spiro atoms. The molecule has 18 heteroatoms. The molecular weight excluding hydrogens is 603 g/mol. The first-order chi connectivity index (χ1) is 18.0. The number of carbonyl (C=O) groups is 1. The lowest BCUT2D eigenvalue weighted by molar-refractivity contribution is -0.138. The molecular formula is C21H11Cl2F6N5O4S. The average Bonchev–Trinajstić information content (AvgIpc) is 3.28. The van der Waals surface area contributed by atoms with Crippen LogP contribution in [0.15, 0.2) is 59.9 Å². The maximum absolute atomic E-state index is 13.0. The number of halogens is 8. The molecule has 3 aromatic heterocycles. The topological polar surface area (TPSA) is 115 Å². The summed E-state index contributed by atoms with van der Waals surface area (Å²) in [7, 11) is -4.36. The normalized spacial score (nSPS) is 12.5. The summed E-state index contributed by atoms with van der Waals surface area (Å²) < 4.78 is 108. The van der Waals surface area contributed by atoms with Crippen molar-refractivity contribution in [2.24, 2.45) is 0 Å². The fourth-order valence-corrected chi connectivity index (χ4v) is 4.31. The Morgan fingerprint density at radius 3 is 2.13 bits per heavy atom. The number of aromatic nitrogens is 3. The van der Waals surface area contributed by atoms with Gasteiger partial charge in [0.15, 0.2) is 5.65 Å². The van der Waals surface area contributed by atoms with Crippen LogP contribution in [0.1, 0.15) is 21.6 Å². The van der Waals surface area contributed by atoms with E-state index in [0.29, 0.717) is 24.5 Å². The van der Waals surface area contributed by atoms with E-state index in [9.17, 15) is 39.6 Å². The molecule has 1 amide bonds. The van der Waals surface area contributed by atoms with E-state index in [0.717, 1.165) is 34.9 Å². The first kappa shape index (κ1) is 28.4. The van der Waals surface area contributed by atoms with E-state index in [4.69, 9.17) is 27.9 Å². The Morgan fingerprint density at radius 2 is 1.54 bits per heavy atom. The Labute approximate surface area is 224 Å². The molecule has 0 saturated heterocycles. The second kappa shape index (κ2) is 10.2. The van der Waals surface area contributed by atoms with Crippen LogP contribution in [0.4, 0.5) is 26.3 Å². The molecule has 4 aromatic rings. The van der Waals surface area contributed by atoms with Gasteiger partial charge in [0.25, 0.3) is 15.9 Å². The number of alkyl halides is 6. The number of amides is 1. The summed E-state index contributed by atoms with van der Waals surface area (Å²) in [6, 6.07) is 5.63. The predicted octanol–water partition coefficient (Wildman–Crippen LogP) is 5.49. The Hall–Kier alpha value is -3.60. The van der Waals surface area contributed by atoms with Gasteiger partial charge < -0.3 is 9.14 Å². The van der Waals surface area contributed by atoms with Crippen molar-refractivity contribution < 1.29 is 44.3 Å². The van der Waals surface area contributed by atoms with Gasteiger partial charge in [-0.25, -0.2) is 18.4 Å². The summed E-state index contributed by atoms with van der Waals surface area (Å²) in [6.45, 7) is 0. The van der Waals surface area contributed by atoms with E-state index in [1.807, 2.05) is 5.43 Å². The fraction of sp³-hybridized carbons (Fsp3) is 0.0952. The van der Waals surface area contributed by atoms with Gasteiger partial charge in [-0.1, -0.05) is 23.2 Å². The molecule has 2 N–H and O–H groups in total. The number of rotatable bonds is 6. The second-order valence-corrected chi connectivity index (χ2v) is 10.1. The molecule has 0 fully saturated rings. The zero-order valence-electron chi connectivity index (χ0n) is 18.6. The van der Waals surface area contributed by atoms with Crippen LogP contribution >= 0.6 is 23.2 Å². The van der Waals surface area contributed by atoms with Crippen molar-refractivity contribution >= 4 is 44.8 Å². The lowest BCUT2D eigenvalue weighted by Gasteiger charge is -2.11. The second-order valence-electron chi connectivity index (χ2n) is 7.57. The summed E-state index contributed by atoms with van der Waals surface area (Å²) in [5, 5.41) is -0.826. The highest BCUT2D eigenvalue weighted by atomic mass is 35.5. The lowest BCUT2D eigenvalue weighted by atomic mass is 10.3. The van der Waals surface area contributed by atoms with Gasteiger partial charge in [0.1, 0.15) is 16.5 Å². The summed E-state index contributed by atoms with van der Waals surface area (Å²) in [5.41, 5.74) is -0.917. The van der Waals surface area contributed by atoms with Crippen molar-refractivity contribution in [2.75, 3.05) is 0 Å². The maximum atomic E-state index is 13.0. The van der Waals surface area contributed by atoms with Gasteiger partial charge in [-0.2, -0.15) is 26.3 Å². The monoisotopic (exact) mass is 613 g/mol. The van der Waals surface area contributed by atoms with Gasteiger partial charge in [0, 0.05) is 18.6 Å². The van der Waals surface area contributed by atoms with E-state index in [-0.39, 0.29) is 27.2 Å². The van der Waals surface area contributed by atoms with Gasteiger partial charge in [-0.3, -0.25) is 10.2 Å². The Balaban J connectivity index is 1.44. The highest BCUT2D eigenvalue weighted by Crippen LogP contribution is 2.35. The number of hydrazine groups is 1. The molecule has 0 unspecified atom stereocenters. The minimum Gasteiger partial charge on any atom is -0.438 e. The number of hydrogen-bond donors (Lipinski definition) is 2. The number of carbonyl (C=O) groups excluding carboxylic acids is 1. The third-order valence-corrected chi connectivity index (χ3v) is 6.66. The summed E-state index contributed by atoms with van der Waals surface area (Å²) in [5.74, 6) is -1.48. The minimum atomic E-state index is -4.71. The van der Waals surface area contributed by atoms with Crippen LogP contribution in [0.5, 0.6) is 11.6 Å². The van der Waals surface area contributed by atoms with Gasteiger partial charge in [0.2, 0.25) is 5.88 Å². The number of nitrogens with zero attached hydrogens (tertiary/aromatic N) is 3.